The molecule has 1 heterocycles. The molecular formula is C74H47N3. The Balaban J connectivity index is 0.881. The molecular weight excluding hydrogens is 931 g/mol. The van der Waals surface area contributed by atoms with E-state index < -0.39 is 0 Å². The van der Waals surface area contributed by atoms with Crippen LogP contribution in [-0.2, 0) is 0 Å². The van der Waals surface area contributed by atoms with Crippen LogP contribution < -0.4 is 0 Å². The predicted molar refractivity (Wildman–Crippen MR) is 324 cm³/mol. The third kappa shape index (κ3) is 7.51. The molecule has 0 aliphatic heterocycles. The fourth-order valence-corrected chi connectivity index (χ4v) is 12.1. The number of nitrogens with zero attached hydrogens (tertiary/aromatic N) is 3. The molecule has 0 spiro atoms. The largest absolute Gasteiger partial charge is 0.275 e. The summed E-state index contributed by atoms with van der Waals surface area (Å²) in [6.07, 6.45) is 0. The van der Waals surface area contributed by atoms with Crippen LogP contribution in [0.15, 0.2) is 285 Å². The van der Waals surface area contributed by atoms with E-state index in [-0.39, 0.29) is 0 Å². The van der Waals surface area contributed by atoms with Crippen LogP contribution in [0.5, 0.6) is 0 Å². The molecule has 15 rings (SSSR count). The maximum atomic E-state index is 4.80. The summed E-state index contributed by atoms with van der Waals surface area (Å²) in [5, 5.41) is 24.3. The summed E-state index contributed by atoms with van der Waals surface area (Å²) in [5.41, 5.74) is 15.0. The molecule has 14 aromatic carbocycles. The molecule has 77 heavy (non-hydrogen) atoms. The highest BCUT2D eigenvalue weighted by Gasteiger charge is 2.22. The van der Waals surface area contributed by atoms with Gasteiger partial charge in [0.25, 0.3) is 0 Å². The molecule has 0 aliphatic rings. The van der Waals surface area contributed by atoms with Gasteiger partial charge >= 0.3 is 0 Å². The zero-order chi connectivity index (χ0) is 50.8. The first-order valence-corrected chi connectivity index (χ1v) is 26.4. The van der Waals surface area contributed by atoms with E-state index >= 15 is 0 Å². The van der Waals surface area contributed by atoms with Crippen LogP contribution in [0.2, 0.25) is 0 Å². The molecule has 0 unspecified atom stereocenters. The number of rotatable bonds is 8. The highest BCUT2D eigenvalue weighted by atomic mass is 15.3. The molecule has 1 aromatic heterocycles. The van der Waals surface area contributed by atoms with Crippen LogP contribution in [-0.4, -0.2) is 14.8 Å². The Labute approximate surface area is 446 Å². The quantitative estimate of drug-likeness (QED) is 0.142. The minimum atomic E-state index is 0.795. The van der Waals surface area contributed by atoms with E-state index in [1.807, 2.05) is 12.1 Å². The van der Waals surface area contributed by atoms with E-state index in [9.17, 15) is 0 Å². The lowest BCUT2D eigenvalue weighted by atomic mass is 9.84. The van der Waals surface area contributed by atoms with Crippen molar-refractivity contribution in [2.24, 2.45) is 0 Å². The topological polar surface area (TPSA) is 30.7 Å². The third-order valence-electron chi connectivity index (χ3n) is 15.7. The van der Waals surface area contributed by atoms with Gasteiger partial charge in [-0.3, -0.25) is 4.57 Å². The number of aromatic nitrogens is 3. The molecule has 0 bridgehead atoms. The standard InChI is InChI=1S/C74H47N3/c1-3-20-52(21-4-1)73-75-76-74(53-22-5-2-6-23-53)77(73)60-27-17-26-57(46-60)70-63-30-13-11-28-61(63)69(62-29-12-14-31-64(62)70)51-38-34-50(35-39-51)56-42-43-67-68(47-56)72(59-41-37-49-19-8-10-25-55(49)45-59)66-33-16-15-32-65(66)71(67)58-40-36-48-18-7-9-24-54(48)44-58/h1-47H. The molecule has 0 saturated carbocycles. The molecule has 0 atom stereocenters. The van der Waals surface area contributed by atoms with Crippen molar-refractivity contribution < 1.29 is 0 Å². The number of hydrogen-bond acceptors (Lipinski definition) is 2. The molecule has 3 nitrogen and oxygen atoms in total. The molecule has 0 radical (unpaired) electrons. The minimum absolute atomic E-state index is 0.795. The number of benzene rings is 14. The van der Waals surface area contributed by atoms with E-state index in [2.05, 4.69) is 278 Å². The van der Waals surface area contributed by atoms with Crippen molar-refractivity contribution in [3.63, 3.8) is 0 Å². The van der Waals surface area contributed by atoms with E-state index in [0.29, 0.717) is 0 Å². The molecule has 0 aliphatic carbocycles. The number of hydrogen-bond donors (Lipinski definition) is 0. The van der Waals surface area contributed by atoms with Gasteiger partial charge in [0.2, 0.25) is 0 Å². The Morgan fingerprint density at radius 3 is 1.04 bits per heavy atom. The van der Waals surface area contributed by atoms with Crippen molar-refractivity contribution in [1.29, 1.82) is 0 Å². The van der Waals surface area contributed by atoms with Crippen LogP contribution in [0.3, 0.4) is 0 Å². The Morgan fingerprint density at radius 1 is 0.195 bits per heavy atom. The SMILES string of the molecule is c1ccc(-c2nnc(-c3ccccc3)n2-c2cccc(-c3c4ccccc4c(-c4ccc(-c5ccc6c(-c7ccc8ccccc8c7)c7ccccc7c(-c7ccc8ccccc8c7)c6c5)cc4)c4ccccc34)c2)cc1. The lowest BCUT2D eigenvalue weighted by Crippen LogP contribution is -2.01. The fraction of sp³-hybridized carbons (Fsp3) is 0. The Bertz CT molecular complexity index is 4670. The predicted octanol–water partition coefficient (Wildman–Crippen LogP) is 19.9. The van der Waals surface area contributed by atoms with Gasteiger partial charge in [-0.15, -0.1) is 10.2 Å². The minimum Gasteiger partial charge on any atom is -0.275 e. The average Bonchev–Trinajstić information content (AvgIpc) is 3.99. The molecule has 0 fully saturated rings. The van der Waals surface area contributed by atoms with Gasteiger partial charge in [0.15, 0.2) is 11.6 Å². The van der Waals surface area contributed by atoms with Crippen LogP contribution in [0.4, 0.5) is 0 Å². The van der Waals surface area contributed by atoms with Gasteiger partial charge in [-0.05, 0) is 151 Å². The van der Waals surface area contributed by atoms with Crippen molar-refractivity contribution >= 4 is 64.6 Å². The fourth-order valence-electron chi connectivity index (χ4n) is 12.1. The zero-order valence-electron chi connectivity index (χ0n) is 42.0. The summed E-state index contributed by atoms with van der Waals surface area (Å²) in [6, 6.07) is 104. The summed E-state index contributed by atoms with van der Waals surface area (Å²) in [4.78, 5) is 0. The van der Waals surface area contributed by atoms with Crippen LogP contribution >= 0.6 is 0 Å². The zero-order valence-corrected chi connectivity index (χ0v) is 42.0. The molecule has 358 valence electrons. The van der Waals surface area contributed by atoms with Crippen LogP contribution in [0, 0.1) is 0 Å². The maximum absolute atomic E-state index is 4.80. The van der Waals surface area contributed by atoms with Gasteiger partial charge in [-0.25, -0.2) is 0 Å². The first-order chi connectivity index (χ1) is 38.2. The van der Waals surface area contributed by atoms with Gasteiger partial charge in [-0.1, -0.05) is 255 Å². The van der Waals surface area contributed by atoms with Crippen molar-refractivity contribution in [2.75, 3.05) is 0 Å². The smallest absolute Gasteiger partial charge is 0.168 e. The summed E-state index contributed by atoms with van der Waals surface area (Å²) in [6.45, 7) is 0. The normalized spacial score (nSPS) is 11.6. The second kappa shape index (κ2) is 18.3. The van der Waals surface area contributed by atoms with Gasteiger partial charge in [-0.2, -0.15) is 0 Å². The molecule has 0 N–H and O–H groups in total. The van der Waals surface area contributed by atoms with E-state index in [1.165, 1.54) is 115 Å². The third-order valence-corrected chi connectivity index (χ3v) is 15.7. The summed E-state index contributed by atoms with van der Waals surface area (Å²) in [7, 11) is 0. The van der Waals surface area contributed by atoms with Crippen molar-refractivity contribution in [1.82, 2.24) is 14.8 Å². The second-order valence-electron chi connectivity index (χ2n) is 20.1. The first kappa shape index (κ1) is 44.3. The summed E-state index contributed by atoms with van der Waals surface area (Å²) >= 11 is 0. The molecule has 3 heteroatoms. The monoisotopic (exact) mass is 977 g/mol. The summed E-state index contributed by atoms with van der Waals surface area (Å²) in [5.74, 6) is 1.59. The Morgan fingerprint density at radius 2 is 0.545 bits per heavy atom. The summed E-state index contributed by atoms with van der Waals surface area (Å²) < 4.78 is 2.19. The van der Waals surface area contributed by atoms with Crippen molar-refractivity contribution in [2.45, 2.75) is 0 Å². The van der Waals surface area contributed by atoms with E-state index in [0.717, 1.165) is 34.0 Å². The van der Waals surface area contributed by atoms with Gasteiger partial charge < -0.3 is 0 Å². The maximum Gasteiger partial charge on any atom is 0.168 e. The molecule has 15 aromatic rings. The Hall–Kier alpha value is -10.2. The van der Waals surface area contributed by atoms with Crippen molar-refractivity contribution in [3.05, 3.63) is 285 Å². The lowest BCUT2D eigenvalue weighted by molar-refractivity contribution is 1.07. The van der Waals surface area contributed by atoms with Gasteiger partial charge in [0, 0.05) is 16.8 Å². The van der Waals surface area contributed by atoms with E-state index in [4.69, 9.17) is 10.2 Å². The highest BCUT2D eigenvalue weighted by Crippen LogP contribution is 2.48. The molecule has 0 amide bonds. The Kier molecular flexibility index (Phi) is 10.5. The number of fused-ring (bicyclic) bond motifs is 6. The first-order valence-electron chi connectivity index (χ1n) is 26.4. The van der Waals surface area contributed by atoms with Crippen molar-refractivity contribution in [3.8, 4) is 84.1 Å². The highest BCUT2D eigenvalue weighted by molar-refractivity contribution is 6.24. The van der Waals surface area contributed by atoms with Gasteiger partial charge in [0.1, 0.15) is 0 Å². The van der Waals surface area contributed by atoms with Crippen LogP contribution in [0.25, 0.3) is 149 Å². The van der Waals surface area contributed by atoms with E-state index in [1.54, 1.807) is 0 Å². The average molecular weight is 978 g/mol. The second-order valence-corrected chi connectivity index (χ2v) is 20.1. The van der Waals surface area contributed by atoms with Gasteiger partial charge in [0.05, 0.1) is 0 Å². The van der Waals surface area contributed by atoms with Crippen LogP contribution in [0.1, 0.15) is 0 Å². The lowest BCUT2D eigenvalue weighted by Gasteiger charge is -2.20. The molecule has 0 saturated heterocycles.